The van der Waals surface area contributed by atoms with Crippen LogP contribution in [0.2, 0.25) is 0 Å². The van der Waals surface area contributed by atoms with Crippen molar-refractivity contribution >= 4 is 11.3 Å². The number of aromatic amines is 1. The van der Waals surface area contributed by atoms with Gasteiger partial charge in [-0.15, -0.1) is 11.3 Å². The SMILES string of the molecule is CC(C)(N)c1nc(-c2ncc(Cc3ccc(F)cc3)s2)c(O)c(=O)[nH]1. The highest BCUT2D eigenvalue weighted by molar-refractivity contribution is 7.15. The molecule has 0 aliphatic rings. The molecular weight excluding hydrogens is 343 g/mol. The molecule has 2 aromatic heterocycles. The fourth-order valence-electron chi connectivity index (χ4n) is 2.22. The van der Waals surface area contributed by atoms with Crippen molar-refractivity contribution in [3.63, 3.8) is 0 Å². The molecule has 0 amide bonds. The second kappa shape index (κ2) is 6.38. The number of thiazole rings is 1. The van der Waals surface area contributed by atoms with Crippen LogP contribution in [0.4, 0.5) is 4.39 Å². The molecule has 0 aliphatic heterocycles. The maximum absolute atomic E-state index is 13.0. The Bertz CT molecular complexity index is 958. The molecule has 6 nitrogen and oxygen atoms in total. The van der Waals surface area contributed by atoms with Crippen molar-refractivity contribution in [2.45, 2.75) is 25.8 Å². The van der Waals surface area contributed by atoms with Crippen LogP contribution in [0, 0.1) is 5.82 Å². The topological polar surface area (TPSA) is 105 Å². The van der Waals surface area contributed by atoms with Gasteiger partial charge in [0.15, 0.2) is 0 Å². The summed E-state index contributed by atoms with van der Waals surface area (Å²) in [4.78, 5) is 23.9. The lowest BCUT2D eigenvalue weighted by atomic mass is 10.1. The van der Waals surface area contributed by atoms with Crippen molar-refractivity contribution in [2.24, 2.45) is 5.73 Å². The number of nitrogens with zero attached hydrogens (tertiary/aromatic N) is 2. The van der Waals surface area contributed by atoms with E-state index in [-0.39, 0.29) is 17.3 Å². The lowest BCUT2D eigenvalue weighted by Crippen LogP contribution is -2.33. The van der Waals surface area contributed by atoms with Gasteiger partial charge in [-0.1, -0.05) is 12.1 Å². The van der Waals surface area contributed by atoms with Crippen molar-refractivity contribution in [3.8, 4) is 16.5 Å². The summed E-state index contributed by atoms with van der Waals surface area (Å²) in [5.74, 6) is -0.514. The number of nitrogens with two attached hydrogens (primary N) is 1. The Balaban J connectivity index is 1.95. The Morgan fingerprint density at radius 3 is 2.64 bits per heavy atom. The number of aromatic nitrogens is 3. The van der Waals surface area contributed by atoms with Crippen LogP contribution < -0.4 is 11.3 Å². The molecule has 4 N–H and O–H groups in total. The van der Waals surface area contributed by atoms with Crippen molar-refractivity contribution in [1.29, 1.82) is 0 Å². The first-order valence-electron chi connectivity index (χ1n) is 7.56. The molecule has 0 saturated heterocycles. The smallest absolute Gasteiger partial charge is 0.293 e. The summed E-state index contributed by atoms with van der Waals surface area (Å²) in [6.07, 6.45) is 2.22. The maximum Gasteiger partial charge on any atom is 0.293 e. The van der Waals surface area contributed by atoms with Gasteiger partial charge in [0.1, 0.15) is 22.3 Å². The van der Waals surface area contributed by atoms with Gasteiger partial charge in [-0.2, -0.15) is 0 Å². The molecule has 0 spiro atoms. The monoisotopic (exact) mass is 360 g/mol. The Labute approximate surface area is 147 Å². The minimum Gasteiger partial charge on any atom is -0.501 e. The minimum absolute atomic E-state index is 0.104. The number of benzene rings is 1. The summed E-state index contributed by atoms with van der Waals surface area (Å²) in [6, 6.07) is 6.20. The number of H-pyrrole nitrogens is 1. The van der Waals surface area contributed by atoms with Crippen LogP contribution in [0.3, 0.4) is 0 Å². The molecule has 25 heavy (non-hydrogen) atoms. The standard InChI is InChI=1S/C17H17FN4O2S/c1-17(2,19)16-21-12(13(23)14(24)22-16)15-20-8-11(25-15)7-9-3-5-10(18)6-4-9/h3-6,8,23H,7,19H2,1-2H3,(H,21,22,24). The van der Waals surface area contributed by atoms with Gasteiger partial charge in [-0.3, -0.25) is 4.79 Å². The normalized spacial score (nSPS) is 11.7. The van der Waals surface area contributed by atoms with E-state index in [0.29, 0.717) is 11.4 Å². The van der Waals surface area contributed by atoms with E-state index in [9.17, 15) is 14.3 Å². The second-order valence-electron chi connectivity index (χ2n) is 6.27. The van der Waals surface area contributed by atoms with Crippen LogP contribution >= 0.6 is 11.3 Å². The van der Waals surface area contributed by atoms with Gasteiger partial charge in [0.25, 0.3) is 5.56 Å². The van der Waals surface area contributed by atoms with Crippen molar-refractivity contribution in [2.75, 3.05) is 0 Å². The molecule has 0 radical (unpaired) electrons. The van der Waals surface area contributed by atoms with Gasteiger partial charge in [-0.05, 0) is 31.5 Å². The summed E-state index contributed by atoms with van der Waals surface area (Å²) >= 11 is 1.31. The fourth-order valence-corrected chi connectivity index (χ4v) is 3.16. The van der Waals surface area contributed by atoms with E-state index in [1.54, 1.807) is 32.2 Å². The fraction of sp³-hybridized carbons (Fsp3) is 0.235. The summed E-state index contributed by atoms with van der Waals surface area (Å²) < 4.78 is 13.0. The quantitative estimate of drug-likeness (QED) is 0.663. The average molecular weight is 360 g/mol. The first-order valence-corrected chi connectivity index (χ1v) is 8.38. The Morgan fingerprint density at radius 2 is 2.00 bits per heavy atom. The average Bonchev–Trinajstić information content (AvgIpc) is 2.99. The van der Waals surface area contributed by atoms with E-state index >= 15 is 0 Å². The van der Waals surface area contributed by atoms with E-state index in [1.807, 2.05) is 0 Å². The van der Waals surface area contributed by atoms with Crippen LogP contribution in [0.15, 0.2) is 35.3 Å². The zero-order chi connectivity index (χ0) is 18.2. The number of rotatable bonds is 4. The van der Waals surface area contributed by atoms with Gasteiger partial charge in [-0.25, -0.2) is 14.4 Å². The van der Waals surface area contributed by atoms with E-state index < -0.39 is 16.8 Å². The molecule has 0 unspecified atom stereocenters. The van der Waals surface area contributed by atoms with Crippen molar-refractivity contribution in [3.05, 3.63) is 62.9 Å². The van der Waals surface area contributed by atoms with Crippen molar-refractivity contribution < 1.29 is 9.50 Å². The summed E-state index contributed by atoms with van der Waals surface area (Å²) in [7, 11) is 0. The zero-order valence-electron chi connectivity index (χ0n) is 13.7. The highest BCUT2D eigenvalue weighted by Gasteiger charge is 2.22. The molecule has 8 heteroatoms. The Kier molecular flexibility index (Phi) is 4.40. The third kappa shape index (κ3) is 3.75. The molecule has 3 rings (SSSR count). The van der Waals surface area contributed by atoms with Crippen LogP contribution in [0.1, 0.15) is 30.1 Å². The molecular formula is C17H17FN4O2S. The van der Waals surface area contributed by atoms with Gasteiger partial charge < -0.3 is 15.8 Å². The molecule has 1 aromatic carbocycles. The zero-order valence-corrected chi connectivity index (χ0v) is 14.5. The lowest BCUT2D eigenvalue weighted by molar-refractivity contribution is 0.454. The second-order valence-corrected chi connectivity index (χ2v) is 7.38. The van der Waals surface area contributed by atoms with Crippen molar-refractivity contribution in [1.82, 2.24) is 15.0 Å². The number of halogens is 1. The largest absolute Gasteiger partial charge is 0.501 e. The number of aromatic hydroxyl groups is 1. The highest BCUT2D eigenvalue weighted by Crippen LogP contribution is 2.30. The van der Waals surface area contributed by atoms with E-state index in [4.69, 9.17) is 5.73 Å². The predicted molar refractivity (Wildman–Crippen MR) is 94.0 cm³/mol. The molecule has 0 aliphatic carbocycles. The highest BCUT2D eigenvalue weighted by atomic mass is 32.1. The maximum atomic E-state index is 13.0. The summed E-state index contributed by atoms with van der Waals surface area (Å²) in [5.41, 5.74) is 5.49. The van der Waals surface area contributed by atoms with E-state index in [0.717, 1.165) is 10.4 Å². The molecule has 2 heterocycles. The summed E-state index contributed by atoms with van der Waals surface area (Å²) in [5, 5.41) is 10.5. The number of hydrogen-bond acceptors (Lipinski definition) is 6. The third-order valence-corrected chi connectivity index (χ3v) is 4.56. The molecule has 0 bridgehead atoms. The van der Waals surface area contributed by atoms with Crippen LogP contribution in [0.5, 0.6) is 5.75 Å². The number of hydrogen-bond donors (Lipinski definition) is 3. The van der Waals surface area contributed by atoms with Crippen LogP contribution in [0.25, 0.3) is 10.7 Å². The van der Waals surface area contributed by atoms with Crippen LogP contribution in [-0.4, -0.2) is 20.1 Å². The molecule has 0 saturated carbocycles. The van der Waals surface area contributed by atoms with Gasteiger partial charge >= 0.3 is 0 Å². The first-order chi connectivity index (χ1) is 11.7. The molecule has 3 aromatic rings. The minimum atomic E-state index is -0.865. The van der Waals surface area contributed by atoms with E-state index in [1.165, 1.54) is 23.5 Å². The van der Waals surface area contributed by atoms with Gasteiger partial charge in [0.2, 0.25) is 5.75 Å². The van der Waals surface area contributed by atoms with Gasteiger partial charge in [0.05, 0.1) is 5.54 Å². The third-order valence-electron chi connectivity index (χ3n) is 3.55. The number of nitrogens with one attached hydrogen (secondary N) is 1. The molecule has 0 fully saturated rings. The molecule has 130 valence electrons. The first kappa shape index (κ1) is 17.2. The Hall–Kier alpha value is -2.58. The summed E-state index contributed by atoms with van der Waals surface area (Å²) in [6.45, 7) is 3.40. The Morgan fingerprint density at radius 1 is 1.32 bits per heavy atom. The predicted octanol–water partition coefficient (Wildman–Crippen LogP) is 2.52. The van der Waals surface area contributed by atoms with E-state index in [2.05, 4.69) is 15.0 Å². The van der Waals surface area contributed by atoms with Gasteiger partial charge in [0, 0.05) is 17.5 Å². The molecule has 0 atom stereocenters. The van der Waals surface area contributed by atoms with Crippen LogP contribution in [-0.2, 0) is 12.0 Å². The lowest BCUT2D eigenvalue weighted by Gasteiger charge is -2.17.